The van der Waals surface area contributed by atoms with Crippen LogP contribution in [0.1, 0.15) is 12.8 Å². The minimum absolute atomic E-state index is 0.107. The van der Waals surface area contributed by atoms with Gasteiger partial charge in [0.1, 0.15) is 6.33 Å². The Morgan fingerprint density at radius 1 is 1.48 bits per heavy atom. The largest absolute Gasteiger partial charge is 0.383 e. The second-order valence-corrected chi connectivity index (χ2v) is 6.58. The lowest BCUT2D eigenvalue weighted by Gasteiger charge is -2.30. The topological polar surface area (TPSA) is 78.1 Å². The zero-order valence-corrected chi connectivity index (χ0v) is 14.1. The second kappa shape index (κ2) is 7.14. The molecule has 0 aliphatic carbocycles. The molecule has 1 fully saturated rings. The van der Waals surface area contributed by atoms with E-state index in [1.54, 1.807) is 24.3 Å². The van der Waals surface area contributed by atoms with Crippen molar-refractivity contribution in [2.24, 2.45) is 7.05 Å². The van der Waals surface area contributed by atoms with Crippen LogP contribution in [0.3, 0.4) is 0 Å². The van der Waals surface area contributed by atoms with Crippen molar-refractivity contribution in [1.82, 2.24) is 24.5 Å². The molecule has 1 amide bonds. The number of ether oxygens (including phenoxy) is 1. The zero-order chi connectivity index (χ0) is 16.2. The van der Waals surface area contributed by atoms with E-state index in [1.165, 1.54) is 11.8 Å². The molecule has 0 bridgehead atoms. The fraction of sp³-hybridized carbons (Fsp3) is 0.571. The number of carbonyl (C=O) groups excluding carboxylic acids is 1. The van der Waals surface area contributed by atoms with Gasteiger partial charge in [0.05, 0.1) is 23.7 Å². The van der Waals surface area contributed by atoms with Gasteiger partial charge in [0.15, 0.2) is 5.16 Å². The van der Waals surface area contributed by atoms with Gasteiger partial charge in [0.25, 0.3) is 0 Å². The Hall–Kier alpha value is -1.87. The molecule has 8 nitrogen and oxygen atoms in total. The first kappa shape index (κ1) is 16.0. The van der Waals surface area contributed by atoms with Gasteiger partial charge < -0.3 is 14.2 Å². The van der Waals surface area contributed by atoms with Gasteiger partial charge in [-0.1, -0.05) is 11.8 Å². The number of nitrogens with zero attached hydrogens (tertiary/aromatic N) is 6. The maximum atomic E-state index is 12.8. The van der Waals surface area contributed by atoms with E-state index >= 15 is 0 Å². The standard InChI is InChI=1S/C14H20N6O2S/c1-18-9-11(8-16-18)20-5-3-4-12(13(20)21)23-14-17-15-10-19(14)6-7-22-2/h8-10,12H,3-7H2,1-2H3/t12-/m1/s1. The molecule has 1 saturated heterocycles. The molecular weight excluding hydrogens is 316 g/mol. The highest BCUT2D eigenvalue weighted by atomic mass is 32.2. The molecule has 0 aromatic carbocycles. The Morgan fingerprint density at radius 3 is 3.09 bits per heavy atom. The van der Waals surface area contributed by atoms with Gasteiger partial charge in [-0.05, 0) is 12.8 Å². The molecule has 3 heterocycles. The first-order valence-electron chi connectivity index (χ1n) is 7.52. The third kappa shape index (κ3) is 3.56. The summed E-state index contributed by atoms with van der Waals surface area (Å²) >= 11 is 1.48. The van der Waals surface area contributed by atoms with E-state index in [9.17, 15) is 4.79 Å². The van der Waals surface area contributed by atoms with Crippen LogP contribution in [0, 0.1) is 0 Å². The van der Waals surface area contributed by atoms with Gasteiger partial charge in [-0.25, -0.2) is 0 Å². The fourth-order valence-corrected chi connectivity index (χ4v) is 3.70. The van der Waals surface area contributed by atoms with E-state index in [0.29, 0.717) is 13.2 Å². The lowest BCUT2D eigenvalue weighted by Crippen LogP contribution is -2.43. The molecular formula is C14H20N6O2S. The van der Waals surface area contributed by atoms with Crippen molar-refractivity contribution in [3.63, 3.8) is 0 Å². The number of piperidine rings is 1. The molecule has 2 aromatic rings. The van der Waals surface area contributed by atoms with Crippen LogP contribution in [0.25, 0.3) is 0 Å². The van der Waals surface area contributed by atoms with Crippen LogP contribution in [0.5, 0.6) is 0 Å². The van der Waals surface area contributed by atoms with Crippen molar-refractivity contribution < 1.29 is 9.53 Å². The van der Waals surface area contributed by atoms with E-state index in [4.69, 9.17) is 4.74 Å². The first-order chi connectivity index (χ1) is 11.2. The van der Waals surface area contributed by atoms with Crippen LogP contribution < -0.4 is 4.90 Å². The molecule has 23 heavy (non-hydrogen) atoms. The molecule has 0 N–H and O–H groups in total. The van der Waals surface area contributed by atoms with Gasteiger partial charge >= 0.3 is 0 Å². The monoisotopic (exact) mass is 336 g/mol. The molecule has 1 aliphatic heterocycles. The zero-order valence-electron chi connectivity index (χ0n) is 13.3. The van der Waals surface area contributed by atoms with Crippen molar-refractivity contribution in [3.8, 4) is 0 Å². The predicted molar refractivity (Wildman–Crippen MR) is 86.3 cm³/mol. The van der Waals surface area contributed by atoms with E-state index in [1.807, 2.05) is 22.7 Å². The number of aromatic nitrogens is 5. The minimum atomic E-state index is -0.144. The molecule has 3 rings (SSSR count). The molecule has 0 saturated carbocycles. The highest BCUT2D eigenvalue weighted by Crippen LogP contribution is 2.31. The predicted octanol–water partition coefficient (Wildman–Crippen LogP) is 0.946. The molecule has 9 heteroatoms. The Morgan fingerprint density at radius 2 is 2.35 bits per heavy atom. The summed E-state index contributed by atoms with van der Waals surface area (Å²) in [5.41, 5.74) is 0.851. The molecule has 0 unspecified atom stereocenters. The van der Waals surface area contributed by atoms with E-state index < -0.39 is 0 Å². The lowest BCUT2D eigenvalue weighted by atomic mass is 10.1. The minimum Gasteiger partial charge on any atom is -0.383 e. The van der Waals surface area contributed by atoms with Gasteiger partial charge in [-0.2, -0.15) is 5.10 Å². The van der Waals surface area contributed by atoms with Gasteiger partial charge in [-0.15, -0.1) is 10.2 Å². The number of rotatable bonds is 6. The molecule has 2 aromatic heterocycles. The smallest absolute Gasteiger partial charge is 0.240 e. The Kier molecular flexibility index (Phi) is 4.97. The van der Waals surface area contributed by atoms with Crippen molar-refractivity contribution in [2.75, 3.05) is 25.2 Å². The normalized spacial score (nSPS) is 18.6. The number of carbonyl (C=O) groups is 1. The molecule has 0 spiro atoms. The Balaban J connectivity index is 1.70. The number of anilines is 1. The van der Waals surface area contributed by atoms with Crippen molar-refractivity contribution >= 4 is 23.4 Å². The van der Waals surface area contributed by atoms with Gasteiger partial charge in [-0.3, -0.25) is 9.48 Å². The summed E-state index contributed by atoms with van der Waals surface area (Å²) in [5.74, 6) is 0.107. The summed E-state index contributed by atoms with van der Waals surface area (Å²) in [6, 6.07) is 0. The number of methoxy groups -OCH3 is 1. The average molecular weight is 336 g/mol. The maximum absolute atomic E-state index is 12.8. The summed E-state index contributed by atoms with van der Waals surface area (Å²) in [6.45, 7) is 2.00. The van der Waals surface area contributed by atoms with Crippen molar-refractivity contribution in [3.05, 3.63) is 18.7 Å². The highest BCUT2D eigenvalue weighted by Gasteiger charge is 2.32. The van der Waals surface area contributed by atoms with Crippen LogP contribution >= 0.6 is 11.8 Å². The highest BCUT2D eigenvalue weighted by molar-refractivity contribution is 8.00. The van der Waals surface area contributed by atoms with Crippen molar-refractivity contribution in [2.45, 2.75) is 29.8 Å². The quantitative estimate of drug-likeness (QED) is 0.781. The van der Waals surface area contributed by atoms with Crippen LogP contribution in [-0.2, 0) is 23.1 Å². The summed E-state index contributed by atoms with van der Waals surface area (Å²) in [6.07, 6.45) is 7.08. The second-order valence-electron chi connectivity index (χ2n) is 5.41. The molecule has 1 atom stereocenters. The number of amides is 1. The SMILES string of the molecule is COCCn1cnnc1S[C@@H]1CCCN(c2cnn(C)c2)C1=O. The third-order valence-electron chi connectivity index (χ3n) is 3.76. The first-order valence-corrected chi connectivity index (χ1v) is 8.40. The summed E-state index contributed by atoms with van der Waals surface area (Å²) in [5, 5.41) is 12.8. The number of hydrogen-bond acceptors (Lipinski definition) is 6. The van der Waals surface area contributed by atoms with Crippen LogP contribution in [0.15, 0.2) is 23.9 Å². The molecule has 1 aliphatic rings. The van der Waals surface area contributed by atoms with E-state index in [-0.39, 0.29) is 11.2 Å². The van der Waals surface area contributed by atoms with Crippen LogP contribution in [-0.4, -0.2) is 56.0 Å². The van der Waals surface area contributed by atoms with Gasteiger partial charge in [0.2, 0.25) is 5.91 Å². The Labute approximate surface area is 138 Å². The van der Waals surface area contributed by atoms with Crippen LogP contribution in [0.2, 0.25) is 0 Å². The summed E-state index contributed by atoms with van der Waals surface area (Å²) in [4.78, 5) is 14.6. The summed E-state index contributed by atoms with van der Waals surface area (Å²) in [7, 11) is 3.51. The summed E-state index contributed by atoms with van der Waals surface area (Å²) < 4.78 is 8.72. The number of aryl methyl sites for hydroxylation is 1. The van der Waals surface area contributed by atoms with E-state index in [0.717, 1.165) is 30.2 Å². The van der Waals surface area contributed by atoms with Crippen molar-refractivity contribution in [1.29, 1.82) is 0 Å². The van der Waals surface area contributed by atoms with Crippen LogP contribution in [0.4, 0.5) is 5.69 Å². The molecule has 124 valence electrons. The van der Waals surface area contributed by atoms with E-state index in [2.05, 4.69) is 15.3 Å². The van der Waals surface area contributed by atoms with Gasteiger partial charge in [0, 0.05) is 33.4 Å². The number of hydrogen-bond donors (Lipinski definition) is 0. The number of thioether (sulfide) groups is 1. The fourth-order valence-electron chi connectivity index (χ4n) is 2.56. The lowest BCUT2D eigenvalue weighted by molar-refractivity contribution is -0.119. The third-order valence-corrected chi connectivity index (χ3v) is 5.01. The Bertz CT molecular complexity index is 670. The average Bonchev–Trinajstić information content (AvgIpc) is 3.16. The maximum Gasteiger partial charge on any atom is 0.240 e. The molecule has 0 radical (unpaired) electrons.